The van der Waals surface area contributed by atoms with Gasteiger partial charge >= 0.3 is 6.09 Å². The van der Waals surface area contributed by atoms with Gasteiger partial charge < -0.3 is 10.4 Å². The zero-order valence-corrected chi connectivity index (χ0v) is 13.0. The molecule has 15 heavy (non-hydrogen) atoms. The van der Waals surface area contributed by atoms with Crippen molar-refractivity contribution in [1.82, 2.24) is 5.32 Å². The third kappa shape index (κ3) is 5.04. The van der Waals surface area contributed by atoms with E-state index in [4.69, 9.17) is 5.11 Å². The molecule has 0 bridgehead atoms. The maximum atomic E-state index is 10.8. The van der Waals surface area contributed by atoms with Crippen LogP contribution in [0, 0.1) is 0 Å². The zero-order chi connectivity index (χ0) is 11.5. The smallest absolute Gasteiger partial charge is 0.405 e. The molecule has 0 saturated heterocycles. The second-order valence-corrected chi connectivity index (χ2v) is 11.3. The lowest BCUT2D eigenvalue weighted by atomic mass is 9.80. The lowest BCUT2D eigenvalue weighted by molar-refractivity contribution is 0.159. The van der Waals surface area contributed by atoms with Gasteiger partial charge in [-0.25, -0.2) is 4.79 Å². The monoisotopic (exact) mass is 405 g/mol. The maximum absolute atomic E-state index is 10.8. The van der Waals surface area contributed by atoms with Crippen molar-refractivity contribution in [2.45, 2.75) is 46.2 Å². The molecule has 2 N–H and O–H groups in total. The molecule has 0 heterocycles. The topological polar surface area (TPSA) is 49.3 Å². The van der Waals surface area contributed by atoms with Crippen molar-refractivity contribution >= 4 is 53.9 Å². The Bertz CT molecular complexity index is 234. The van der Waals surface area contributed by atoms with Gasteiger partial charge in [0.2, 0.25) is 0 Å². The predicted molar refractivity (Wildman–Crippen MR) is 71.1 cm³/mol. The fourth-order valence-electron chi connectivity index (χ4n) is 2.19. The van der Waals surface area contributed by atoms with Crippen LogP contribution in [-0.4, -0.2) is 18.9 Å². The summed E-state index contributed by atoms with van der Waals surface area (Å²) in [7, 11) is 0. The molecule has 1 fully saturated rings. The number of nitrogens with one attached hydrogen (secondary N) is 1. The van der Waals surface area contributed by atoms with Crippen molar-refractivity contribution in [3.8, 4) is 0 Å². The Morgan fingerprint density at radius 3 is 2.20 bits per heavy atom. The fourth-order valence-corrected chi connectivity index (χ4v) is 3.80. The van der Waals surface area contributed by atoms with Gasteiger partial charge in [-0.15, -0.1) is 0 Å². The van der Waals surface area contributed by atoms with Crippen LogP contribution in [0.5, 0.6) is 0 Å². The molecule has 88 valence electrons. The maximum Gasteiger partial charge on any atom is 0.405 e. The Hall–Kier alpha value is 0.710. The molecule has 1 aliphatic rings. The average Bonchev–Trinajstić information content (AvgIpc) is 1.99. The van der Waals surface area contributed by atoms with Crippen LogP contribution in [0.15, 0.2) is 0 Å². The van der Waals surface area contributed by atoms with Gasteiger partial charge in [0.15, 0.2) is 0 Å². The van der Waals surface area contributed by atoms with Crippen LogP contribution in [-0.2, 0) is 0 Å². The summed E-state index contributed by atoms with van der Waals surface area (Å²) in [6.45, 7) is 0. The van der Waals surface area contributed by atoms with Gasteiger partial charge in [0.1, 0.15) is 2.14 Å². The molecule has 0 aromatic carbocycles. The minimum absolute atomic E-state index is 0.305. The number of hydrogen-bond acceptors (Lipinski definition) is 1. The molecule has 0 aromatic rings. The number of carbonyl (C=O) groups is 1. The number of carboxylic acid groups (broad SMARTS) is 1. The average molecular weight is 408 g/mol. The Labute approximate surface area is 115 Å². The molecule has 3 nitrogen and oxygen atoms in total. The molecule has 0 radical (unpaired) electrons. The Kier molecular flexibility index (Phi) is 4.92. The van der Waals surface area contributed by atoms with Crippen molar-refractivity contribution in [3.05, 3.63) is 0 Å². The minimum atomic E-state index is -0.936. The summed E-state index contributed by atoms with van der Waals surface area (Å²) in [4.78, 5) is 10.8. The van der Waals surface area contributed by atoms with E-state index in [1.807, 2.05) is 0 Å². The first-order chi connectivity index (χ1) is 6.83. The molecule has 6 heteroatoms. The highest BCUT2D eigenvalue weighted by Crippen LogP contribution is 2.45. The van der Waals surface area contributed by atoms with Gasteiger partial charge in [-0.1, -0.05) is 67.1 Å². The van der Waals surface area contributed by atoms with Gasteiger partial charge in [-0.3, -0.25) is 0 Å². The number of amides is 1. The molecule has 0 aliphatic heterocycles. The Morgan fingerprint density at radius 1 is 1.27 bits per heavy atom. The van der Waals surface area contributed by atoms with Crippen LogP contribution in [0.3, 0.4) is 0 Å². The summed E-state index contributed by atoms with van der Waals surface area (Å²) < 4.78 is -0.382. The van der Waals surface area contributed by atoms with E-state index in [1.165, 1.54) is 6.42 Å². The van der Waals surface area contributed by atoms with Gasteiger partial charge in [-0.2, -0.15) is 0 Å². The first-order valence-corrected chi connectivity index (χ1v) is 7.29. The third-order valence-corrected chi connectivity index (χ3v) is 3.56. The van der Waals surface area contributed by atoms with Gasteiger partial charge in [0, 0.05) is 12.0 Å². The quantitative estimate of drug-likeness (QED) is 0.674. The zero-order valence-electron chi connectivity index (χ0n) is 8.23. The predicted octanol–water partition coefficient (Wildman–Crippen LogP) is 4.19. The highest BCUT2D eigenvalue weighted by Gasteiger charge is 2.39. The second kappa shape index (κ2) is 5.36. The standard InChI is InChI=1S/C9H14Br3NO2/c10-9(11,12)6-8(13-7(14)15)4-2-1-3-5-8/h13H,1-6H2,(H,14,15). The van der Waals surface area contributed by atoms with E-state index in [9.17, 15) is 4.79 Å². The summed E-state index contributed by atoms with van der Waals surface area (Å²) in [5.74, 6) is 0. The summed E-state index contributed by atoms with van der Waals surface area (Å²) in [6, 6.07) is 0. The SMILES string of the molecule is O=C(O)NC1(CC(Br)(Br)Br)CCCCC1. The molecule has 1 aliphatic carbocycles. The van der Waals surface area contributed by atoms with Crippen LogP contribution >= 0.6 is 47.8 Å². The fraction of sp³-hybridized carbons (Fsp3) is 0.889. The van der Waals surface area contributed by atoms with Gasteiger partial charge in [0.05, 0.1) is 0 Å². The lowest BCUT2D eigenvalue weighted by Gasteiger charge is -2.39. The van der Waals surface area contributed by atoms with Crippen molar-refractivity contribution in [1.29, 1.82) is 0 Å². The Balaban J connectivity index is 2.70. The van der Waals surface area contributed by atoms with Crippen molar-refractivity contribution in [2.24, 2.45) is 0 Å². The van der Waals surface area contributed by atoms with Crippen molar-refractivity contribution in [3.63, 3.8) is 0 Å². The summed E-state index contributed by atoms with van der Waals surface area (Å²) in [5.41, 5.74) is -0.305. The van der Waals surface area contributed by atoms with Crippen LogP contribution in [0.4, 0.5) is 4.79 Å². The molecular formula is C9H14Br3NO2. The molecule has 0 aromatic heterocycles. The normalized spacial score (nSPS) is 21.0. The second-order valence-electron chi connectivity index (χ2n) is 4.06. The van der Waals surface area contributed by atoms with Crippen molar-refractivity contribution in [2.75, 3.05) is 0 Å². The number of rotatable bonds is 2. The number of hydrogen-bond donors (Lipinski definition) is 2. The third-order valence-electron chi connectivity index (χ3n) is 2.72. The van der Waals surface area contributed by atoms with E-state index in [-0.39, 0.29) is 7.68 Å². The van der Waals surface area contributed by atoms with Crippen LogP contribution in [0.25, 0.3) is 0 Å². The summed E-state index contributed by atoms with van der Waals surface area (Å²) in [5, 5.41) is 11.5. The first kappa shape index (κ1) is 13.8. The van der Waals surface area contributed by atoms with E-state index in [1.54, 1.807) is 0 Å². The molecular weight excluding hydrogens is 394 g/mol. The number of halogens is 3. The highest BCUT2D eigenvalue weighted by molar-refractivity contribution is 9.39. The summed E-state index contributed by atoms with van der Waals surface area (Å²) in [6.07, 6.45) is 4.93. The van der Waals surface area contributed by atoms with E-state index in [0.29, 0.717) is 6.42 Å². The van der Waals surface area contributed by atoms with Crippen LogP contribution in [0.2, 0.25) is 0 Å². The first-order valence-electron chi connectivity index (χ1n) is 4.91. The largest absolute Gasteiger partial charge is 0.465 e. The molecule has 1 saturated carbocycles. The molecule has 0 spiro atoms. The van der Waals surface area contributed by atoms with E-state index >= 15 is 0 Å². The highest BCUT2D eigenvalue weighted by atomic mass is 80.0. The molecule has 1 rings (SSSR count). The minimum Gasteiger partial charge on any atom is -0.465 e. The summed E-state index contributed by atoms with van der Waals surface area (Å²) >= 11 is 10.3. The number of alkyl halides is 3. The van der Waals surface area contributed by atoms with Crippen molar-refractivity contribution < 1.29 is 9.90 Å². The van der Waals surface area contributed by atoms with Crippen LogP contribution in [0.1, 0.15) is 38.5 Å². The van der Waals surface area contributed by atoms with Gasteiger partial charge in [-0.05, 0) is 12.8 Å². The lowest BCUT2D eigenvalue weighted by Crippen LogP contribution is -2.51. The molecule has 1 amide bonds. The van der Waals surface area contributed by atoms with E-state index in [2.05, 4.69) is 53.1 Å². The molecule has 0 atom stereocenters. The van der Waals surface area contributed by atoms with E-state index in [0.717, 1.165) is 25.7 Å². The van der Waals surface area contributed by atoms with E-state index < -0.39 is 6.09 Å². The molecule has 0 unspecified atom stereocenters. The van der Waals surface area contributed by atoms with Gasteiger partial charge in [0.25, 0.3) is 0 Å². The van der Waals surface area contributed by atoms with Crippen LogP contribution < -0.4 is 5.32 Å². The Morgan fingerprint density at radius 2 is 1.80 bits per heavy atom.